The quantitative estimate of drug-likeness (QED) is 0.791. The van der Waals surface area contributed by atoms with Gasteiger partial charge in [-0.05, 0) is 23.0 Å². The first-order valence-electron chi connectivity index (χ1n) is 8.65. The zero-order valence-electron chi connectivity index (χ0n) is 14.7. The molecule has 3 N–H and O–H groups in total. The maximum Gasteiger partial charge on any atom is 0.272 e. The number of fused-ring (bicyclic) bond motifs is 1. The molecule has 5 heteroatoms. The lowest BCUT2D eigenvalue weighted by Crippen LogP contribution is -2.28. The monoisotopic (exact) mass is 326 g/mol. The van der Waals surface area contributed by atoms with Crippen LogP contribution in [0.2, 0.25) is 0 Å². The number of aromatic nitrogens is 2. The second-order valence-electron chi connectivity index (χ2n) is 7.07. The topological polar surface area (TPSA) is 69.8 Å². The van der Waals surface area contributed by atoms with E-state index in [2.05, 4.69) is 65.9 Å². The summed E-state index contributed by atoms with van der Waals surface area (Å²) in [5, 5.41) is 13.4. The van der Waals surface area contributed by atoms with Gasteiger partial charge in [-0.1, -0.05) is 45.0 Å². The van der Waals surface area contributed by atoms with Crippen molar-refractivity contribution in [1.82, 2.24) is 20.8 Å². The molecule has 1 aliphatic heterocycles. The summed E-state index contributed by atoms with van der Waals surface area (Å²) in [6.45, 7) is 8.84. The van der Waals surface area contributed by atoms with Gasteiger partial charge in [-0.25, -0.2) is 0 Å². The van der Waals surface area contributed by atoms with E-state index in [1.165, 1.54) is 5.56 Å². The first-order valence-corrected chi connectivity index (χ1v) is 8.65. The van der Waals surface area contributed by atoms with Crippen molar-refractivity contribution in [2.24, 2.45) is 0 Å². The summed E-state index contributed by atoms with van der Waals surface area (Å²) >= 11 is 0. The van der Waals surface area contributed by atoms with E-state index in [0.29, 0.717) is 18.8 Å². The van der Waals surface area contributed by atoms with Crippen molar-refractivity contribution in [3.63, 3.8) is 0 Å². The molecule has 0 radical (unpaired) electrons. The average molecular weight is 326 g/mol. The van der Waals surface area contributed by atoms with Crippen LogP contribution >= 0.6 is 0 Å². The molecule has 0 aliphatic carbocycles. The van der Waals surface area contributed by atoms with Gasteiger partial charge in [-0.2, -0.15) is 5.10 Å². The highest BCUT2D eigenvalue weighted by Crippen LogP contribution is 2.26. The van der Waals surface area contributed by atoms with Crippen LogP contribution in [0.15, 0.2) is 24.3 Å². The minimum Gasteiger partial charge on any atom is -0.347 e. The summed E-state index contributed by atoms with van der Waals surface area (Å²) in [6.07, 6.45) is 1.99. The molecule has 0 bridgehead atoms. The highest BCUT2D eigenvalue weighted by molar-refractivity contribution is 5.94. The van der Waals surface area contributed by atoms with Crippen molar-refractivity contribution in [2.75, 3.05) is 6.54 Å². The molecule has 3 rings (SSSR count). The highest BCUT2D eigenvalue weighted by atomic mass is 16.1. The molecule has 0 saturated carbocycles. The highest BCUT2D eigenvalue weighted by Gasteiger charge is 2.21. The third-order valence-corrected chi connectivity index (χ3v) is 5.09. The van der Waals surface area contributed by atoms with Crippen molar-refractivity contribution in [2.45, 2.75) is 52.1 Å². The molecule has 0 atom stereocenters. The van der Waals surface area contributed by atoms with Gasteiger partial charge in [0.1, 0.15) is 0 Å². The van der Waals surface area contributed by atoms with Gasteiger partial charge in [0.05, 0.1) is 0 Å². The standard InChI is InChI=1S/C19H26N4O/c1-4-19(2,3)14-7-5-13(6-8-14)11-21-18(24)17-15-12-20-10-9-16(15)22-23-17/h5-8,20H,4,9-12H2,1-3H3,(H,21,24)(H,22,23). The van der Waals surface area contributed by atoms with Crippen LogP contribution in [0.3, 0.4) is 0 Å². The molecule has 1 aromatic heterocycles. The summed E-state index contributed by atoms with van der Waals surface area (Å²) in [5.41, 5.74) is 5.20. The normalized spacial score (nSPS) is 14.3. The molecule has 0 unspecified atom stereocenters. The Kier molecular flexibility index (Phi) is 4.71. The van der Waals surface area contributed by atoms with Crippen LogP contribution in [0.1, 0.15) is 60.1 Å². The number of carbonyl (C=O) groups excluding carboxylic acids is 1. The molecule has 1 aromatic carbocycles. The molecule has 0 fully saturated rings. The maximum atomic E-state index is 12.4. The molecule has 1 aliphatic rings. The second-order valence-corrected chi connectivity index (χ2v) is 7.07. The van der Waals surface area contributed by atoms with E-state index >= 15 is 0 Å². The van der Waals surface area contributed by atoms with Gasteiger partial charge in [0.25, 0.3) is 5.91 Å². The second kappa shape index (κ2) is 6.77. The third-order valence-electron chi connectivity index (χ3n) is 5.09. The molecule has 2 heterocycles. The number of benzene rings is 1. The lowest BCUT2D eigenvalue weighted by Gasteiger charge is -2.23. The number of rotatable bonds is 5. The fourth-order valence-corrected chi connectivity index (χ4v) is 2.96. The molecular weight excluding hydrogens is 300 g/mol. The Morgan fingerprint density at radius 2 is 2.04 bits per heavy atom. The zero-order valence-corrected chi connectivity index (χ0v) is 14.7. The number of hydrogen-bond donors (Lipinski definition) is 3. The summed E-state index contributed by atoms with van der Waals surface area (Å²) in [4.78, 5) is 12.4. The van der Waals surface area contributed by atoms with Crippen molar-refractivity contribution >= 4 is 5.91 Å². The minimum atomic E-state index is -0.117. The third kappa shape index (κ3) is 3.36. The largest absolute Gasteiger partial charge is 0.347 e. The number of aromatic amines is 1. The van der Waals surface area contributed by atoms with Crippen molar-refractivity contribution in [1.29, 1.82) is 0 Å². The van der Waals surface area contributed by atoms with E-state index < -0.39 is 0 Å². The summed E-state index contributed by atoms with van der Waals surface area (Å²) in [7, 11) is 0. The molecule has 0 saturated heterocycles. The Balaban J connectivity index is 1.63. The van der Waals surface area contributed by atoms with Crippen molar-refractivity contribution in [3.05, 3.63) is 52.3 Å². The van der Waals surface area contributed by atoms with Gasteiger partial charge in [-0.3, -0.25) is 9.89 Å². The van der Waals surface area contributed by atoms with Crippen LogP contribution in [0.25, 0.3) is 0 Å². The fourth-order valence-electron chi connectivity index (χ4n) is 2.96. The molecule has 24 heavy (non-hydrogen) atoms. The van der Waals surface area contributed by atoms with Crippen LogP contribution < -0.4 is 10.6 Å². The van der Waals surface area contributed by atoms with E-state index in [1.54, 1.807) is 0 Å². The van der Waals surface area contributed by atoms with E-state index in [1.807, 2.05) is 0 Å². The van der Waals surface area contributed by atoms with E-state index in [9.17, 15) is 4.79 Å². The molecule has 2 aromatic rings. The Labute approximate surface area is 143 Å². The van der Waals surface area contributed by atoms with Crippen LogP contribution in [0, 0.1) is 0 Å². The van der Waals surface area contributed by atoms with Gasteiger partial charge >= 0.3 is 0 Å². The summed E-state index contributed by atoms with van der Waals surface area (Å²) in [6, 6.07) is 8.50. The number of amides is 1. The first-order chi connectivity index (χ1) is 11.5. The predicted molar refractivity (Wildman–Crippen MR) is 94.9 cm³/mol. The fraction of sp³-hybridized carbons (Fsp3) is 0.474. The van der Waals surface area contributed by atoms with Crippen LogP contribution in [0.5, 0.6) is 0 Å². The van der Waals surface area contributed by atoms with E-state index in [4.69, 9.17) is 0 Å². The van der Waals surface area contributed by atoms with Gasteiger partial charge in [0.2, 0.25) is 0 Å². The number of carbonyl (C=O) groups is 1. The van der Waals surface area contributed by atoms with Crippen LogP contribution in [0.4, 0.5) is 0 Å². The number of H-pyrrole nitrogens is 1. The summed E-state index contributed by atoms with van der Waals surface area (Å²) < 4.78 is 0. The van der Waals surface area contributed by atoms with E-state index in [-0.39, 0.29) is 11.3 Å². The van der Waals surface area contributed by atoms with Crippen LogP contribution in [-0.4, -0.2) is 22.6 Å². The number of nitrogens with zero attached hydrogens (tertiary/aromatic N) is 1. The average Bonchev–Trinajstić information content (AvgIpc) is 3.04. The smallest absolute Gasteiger partial charge is 0.272 e. The lowest BCUT2D eigenvalue weighted by molar-refractivity contribution is 0.0944. The van der Waals surface area contributed by atoms with Gasteiger partial charge < -0.3 is 10.6 Å². The minimum absolute atomic E-state index is 0.117. The molecule has 128 valence electrons. The first kappa shape index (κ1) is 16.7. The predicted octanol–water partition coefficient (Wildman–Crippen LogP) is 2.67. The lowest BCUT2D eigenvalue weighted by atomic mass is 9.82. The zero-order chi connectivity index (χ0) is 17.2. The molecular formula is C19H26N4O. The molecule has 1 amide bonds. The Morgan fingerprint density at radius 1 is 1.29 bits per heavy atom. The Bertz CT molecular complexity index is 715. The molecule has 5 nitrogen and oxygen atoms in total. The summed E-state index contributed by atoms with van der Waals surface area (Å²) in [5.74, 6) is -0.117. The van der Waals surface area contributed by atoms with E-state index in [0.717, 1.165) is 36.2 Å². The molecule has 0 spiro atoms. The van der Waals surface area contributed by atoms with Crippen molar-refractivity contribution < 1.29 is 4.79 Å². The van der Waals surface area contributed by atoms with Gasteiger partial charge in [0, 0.05) is 37.3 Å². The Hall–Kier alpha value is -2.14. The maximum absolute atomic E-state index is 12.4. The van der Waals surface area contributed by atoms with Crippen molar-refractivity contribution in [3.8, 4) is 0 Å². The number of hydrogen-bond acceptors (Lipinski definition) is 3. The number of nitrogens with one attached hydrogen (secondary N) is 3. The van der Waals surface area contributed by atoms with Gasteiger partial charge in [-0.15, -0.1) is 0 Å². The SMILES string of the molecule is CCC(C)(C)c1ccc(CNC(=O)c2n[nH]c3c2CNCC3)cc1. The van der Waals surface area contributed by atoms with Crippen LogP contribution in [-0.2, 0) is 24.9 Å². The van der Waals surface area contributed by atoms with Gasteiger partial charge in [0.15, 0.2) is 5.69 Å². The Morgan fingerprint density at radius 3 is 2.75 bits per heavy atom.